The molecule has 3 nitrogen and oxygen atoms in total. The van der Waals surface area contributed by atoms with Crippen LogP contribution in [0.1, 0.15) is 27.4 Å². The molecule has 0 amide bonds. The molecule has 0 fully saturated rings. The standard InChI is InChI=1S/C14H14N2O/c1-9-4-5-13(10(2)6-9)14-7-12(8-17)15-11(3)16-14/h4-8H,1-3H3. The van der Waals surface area contributed by atoms with Crippen molar-refractivity contribution in [3.05, 3.63) is 46.9 Å². The van der Waals surface area contributed by atoms with Crippen molar-refractivity contribution >= 4 is 6.29 Å². The molecular weight excluding hydrogens is 212 g/mol. The highest BCUT2D eigenvalue weighted by molar-refractivity contribution is 5.75. The molecular formula is C14H14N2O. The second-order valence-electron chi connectivity index (χ2n) is 4.16. The molecule has 86 valence electrons. The van der Waals surface area contributed by atoms with E-state index in [-0.39, 0.29) is 0 Å². The van der Waals surface area contributed by atoms with Gasteiger partial charge < -0.3 is 0 Å². The molecule has 0 aliphatic carbocycles. The fourth-order valence-electron chi connectivity index (χ4n) is 1.89. The first-order chi connectivity index (χ1) is 8.10. The Morgan fingerprint density at radius 1 is 1.06 bits per heavy atom. The van der Waals surface area contributed by atoms with Gasteiger partial charge in [-0.3, -0.25) is 4.79 Å². The Kier molecular flexibility index (Phi) is 3.00. The van der Waals surface area contributed by atoms with Gasteiger partial charge in [-0.25, -0.2) is 9.97 Å². The number of hydrogen-bond donors (Lipinski definition) is 0. The fraction of sp³-hybridized carbons (Fsp3) is 0.214. The molecule has 0 N–H and O–H groups in total. The summed E-state index contributed by atoms with van der Waals surface area (Å²) in [6, 6.07) is 7.90. The summed E-state index contributed by atoms with van der Waals surface area (Å²) >= 11 is 0. The zero-order valence-corrected chi connectivity index (χ0v) is 10.2. The Labute approximate surface area is 101 Å². The van der Waals surface area contributed by atoms with Crippen LogP contribution in [0.25, 0.3) is 11.3 Å². The van der Waals surface area contributed by atoms with Gasteiger partial charge >= 0.3 is 0 Å². The molecule has 1 aromatic heterocycles. The van der Waals surface area contributed by atoms with Gasteiger partial charge in [-0.2, -0.15) is 0 Å². The van der Waals surface area contributed by atoms with Crippen LogP contribution in [0.5, 0.6) is 0 Å². The number of aryl methyl sites for hydroxylation is 3. The van der Waals surface area contributed by atoms with E-state index in [1.54, 1.807) is 13.0 Å². The lowest BCUT2D eigenvalue weighted by molar-refractivity contribution is 0.111. The summed E-state index contributed by atoms with van der Waals surface area (Å²) in [6.07, 6.45) is 0.752. The van der Waals surface area contributed by atoms with E-state index in [9.17, 15) is 4.79 Å². The number of aromatic nitrogens is 2. The molecule has 0 atom stereocenters. The van der Waals surface area contributed by atoms with Gasteiger partial charge in [0.15, 0.2) is 6.29 Å². The van der Waals surface area contributed by atoms with Gasteiger partial charge in [0, 0.05) is 5.56 Å². The van der Waals surface area contributed by atoms with E-state index in [1.807, 2.05) is 19.1 Å². The highest BCUT2D eigenvalue weighted by Gasteiger charge is 2.06. The molecule has 0 aliphatic heterocycles. The predicted molar refractivity (Wildman–Crippen MR) is 67.1 cm³/mol. The molecule has 3 heteroatoms. The lowest BCUT2D eigenvalue weighted by Crippen LogP contribution is -1.97. The Hall–Kier alpha value is -2.03. The average molecular weight is 226 g/mol. The van der Waals surface area contributed by atoms with Crippen LogP contribution in [0.2, 0.25) is 0 Å². The minimum atomic E-state index is 0.424. The Bertz CT molecular complexity index is 576. The molecule has 1 aromatic carbocycles. The van der Waals surface area contributed by atoms with Crippen LogP contribution in [-0.2, 0) is 0 Å². The van der Waals surface area contributed by atoms with Crippen molar-refractivity contribution in [3.63, 3.8) is 0 Å². The second-order valence-corrected chi connectivity index (χ2v) is 4.16. The van der Waals surface area contributed by atoms with Gasteiger partial charge in [0.1, 0.15) is 11.5 Å². The SMILES string of the molecule is Cc1ccc(-c2cc(C=O)nc(C)n2)c(C)c1. The van der Waals surface area contributed by atoms with Crippen LogP contribution in [0.4, 0.5) is 0 Å². The maximum absolute atomic E-state index is 10.8. The molecule has 0 saturated heterocycles. The van der Waals surface area contributed by atoms with Gasteiger partial charge in [0.25, 0.3) is 0 Å². The van der Waals surface area contributed by atoms with E-state index in [0.717, 1.165) is 23.1 Å². The summed E-state index contributed by atoms with van der Waals surface area (Å²) < 4.78 is 0. The summed E-state index contributed by atoms with van der Waals surface area (Å²) in [4.78, 5) is 19.2. The maximum atomic E-state index is 10.8. The van der Waals surface area contributed by atoms with Gasteiger partial charge in [0.2, 0.25) is 0 Å². The van der Waals surface area contributed by atoms with Crippen LogP contribution in [0.15, 0.2) is 24.3 Å². The van der Waals surface area contributed by atoms with Gasteiger partial charge in [-0.05, 0) is 32.4 Å². The number of carbonyl (C=O) groups excluding carboxylic acids is 1. The van der Waals surface area contributed by atoms with Crippen LogP contribution < -0.4 is 0 Å². The van der Waals surface area contributed by atoms with Crippen molar-refractivity contribution in [1.29, 1.82) is 0 Å². The van der Waals surface area contributed by atoms with Gasteiger partial charge in [-0.15, -0.1) is 0 Å². The summed E-state index contributed by atoms with van der Waals surface area (Å²) in [5.74, 6) is 0.615. The molecule has 1 heterocycles. The van der Waals surface area contributed by atoms with Crippen molar-refractivity contribution in [2.24, 2.45) is 0 Å². The smallest absolute Gasteiger partial charge is 0.168 e. The quantitative estimate of drug-likeness (QED) is 0.739. The van der Waals surface area contributed by atoms with Crippen LogP contribution >= 0.6 is 0 Å². The van der Waals surface area contributed by atoms with Gasteiger partial charge in [0.05, 0.1) is 5.69 Å². The molecule has 2 aromatic rings. The number of aldehydes is 1. The van der Waals surface area contributed by atoms with E-state index in [4.69, 9.17) is 0 Å². The molecule has 0 bridgehead atoms. The fourth-order valence-corrected chi connectivity index (χ4v) is 1.89. The number of nitrogens with zero attached hydrogens (tertiary/aromatic N) is 2. The van der Waals surface area contributed by atoms with Crippen molar-refractivity contribution in [2.45, 2.75) is 20.8 Å². The third kappa shape index (κ3) is 2.38. The Balaban J connectivity index is 2.59. The summed E-state index contributed by atoms with van der Waals surface area (Å²) in [5, 5.41) is 0. The number of carbonyl (C=O) groups is 1. The first kappa shape index (κ1) is 11.5. The first-order valence-electron chi connectivity index (χ1n) is 5.48. The van der Waals surface area contributed by atoms with Crippen molar-refractivity contribution in [2.75, 3.05) is 0 Å². The zero-order chi connectivity index (χ0) is 12.4. The highest BCUT2D eigenvalue weighted by atomic mass is 16.1. The molecule has 0 aliphatic rings. The molecule has 0 saturated carbocycles. The maximum Gasteiger partial charge on any atom is 0.168 e. The van der Waals surface area contributed by atoms with E-state index in [2.05, 4.69) is 23.0 Å². The average Bonchev–Trinajstić information content (AvgIpc) is 2.28. The molecule has 2 rings (SSSR count). The minimum absolute atomic E-state index is 0.424. The van der Waals surface area contributed by atoms with E-state index in [1.165, 1.54) is 5.56 Å². The number of benzene rings is 1. The monoisotopic (exact) mass is 226 g/mol. The van der Waals surface area contributed by atoms with Crippen LogP contribution in [-0.4, -0.2) is 16.3 Å². The normalized spacial score (nSPS) is 10.3. The van der Waals surface area contributed by atoms with E-state index in [0.29, 0.717) is 11.5 Å². The lowest BCUT2D eigenvalue weighted by Gasteiger charge is -2.07. The topological polar surface area (TPSA) is 42.9 Å². The summed E-state index contributed by atoms with van der Waals surface area (Å²) in [6.45, 7) is 5.89. The van der Waals surface area contributed by atoms with E-state index < -0.39 is 0 Å². The third-order valence-electron chi connectivity index (χ3n) is 2.64. The van der Waals surface area contributed by atoms with Gasteiger partial charge in [-0.1, -0.05) is 23.8 Å². The lowest BCUT2D eigenvalue weighted by atomic mass is 10.0. The predicted octanol–water partition coefficient (Wildman–Crippen LogP) is 2.88. The van der Waals surface area contributed by atoms with Crippen LogP contribution in [0.3, 0.4) is 0 Å². The van der Waals surface area contributed by atoms with Crippen molar-refractivity contribution in [1.82, 2.24) is 9.97 Å². The molecule has 17 heavy (non-hydrogen) atoms. The summed E-state index contributed by atoms with van der Waals surface area (Å²) in [7, 11) is 0. The summed E-state index contributed by atoms with van der Waals surface area (Å²) in [5.41, 5.74) is 4.64. The highest BCUT2D eigenvalue weighted by Crippen LogP contribution is 2.22. The Morgan fingerprint density at radius 2 is 1.82 bits per heavy atom. The number of rotatable bonds is 2. The zero-order valence-electron chi connectivity index (χ0n) is 10.2. The molecule has 0 unspecified atom stereocenters. The number of hydrogen-bond acceptors (Lipinski definition) is 3. The molecule has 0 spiro atoms. The molecule has 0 radical (unpaired) electrons. The first-order valence-corrected chi connectivity index (χ1v) is 5.48. The largest absolute Gasteiger partial charge is 0.296 e. The van der Waals surface area contributed by atoms with E-state index >= 15 is 0 Å². The van der Waals surface area contributed by atoms with Crippen molar-refractivity contribution < 1.29 is 4.79 Å². The third-order valence-corrected chi connectivity index (χ3v) is 2.64. The second kappa shape index (κ2) is 4.45. The Morgan fingerprint density at radius 3 is 2.47 bits per heavy atom. The van der Waals surface area contributed by atoms with Crippen molar-refractivity contribution in [3.8, 4) is 11.3 Å². The minimum Gasteiger partial charge on any atom is -0.296 e. The van der Waals surface area contributed by atoms with Crippen LogP contribution in [0, 0.1) is 20.8 Å².